The minimum Gasteiger partial charge on any atom is -0.472 e. The third-order valence-corrected chi connectivity index (χ3v) is 6.00. The number of likely N-dealkylation sites (tertiary alicyclic amines) is 1. The molecule has 5 rings (SSSR count). The van der Waals surface area contributed by atoms with E-state index in [1.807, 2.05) is 36.4 Å². The van der Waals surface area contributed by atoms with Crippen molar-refractivity contribution in [1.82, 2.24) is 10.2 Å². The summed E-state index contributed by atoms with van der Waals surface area (Å²) in [5, 5.41) is 3.05. The Morgan fingerprint density at radius 3 is 2.92 bits per heavy atom. The van der Waals surface area contributed by atoms with Crippen LogP contribution in [0, 0.1) is 11.8 Å². The number of furan rings is 1. The number of hydrogen-bond donors (Lipinski definition) is 1. The molecule has 1 spiro atoms. The van der Waals surface area contributed by atoms with Gasteiger partial charge in [-0.05, 0) is 24.8 Å². The zero-order valence-corrected chi connectivity index (χ0v) is 14.0. The van der Waals surface area contributed by atoms with Crippen molar-refractivity contribution < 1.29 is 9.21 Å². The minimum atomic E-state index is -0.568. The molecule has 2 aliphatic heterocycles. The number of fused-ring (bicyclic) bond motifs is 2. The Hall–Kier alpha value is -2.40. The van der Waals surface area contributed by atoms with Crippen LogP contribution in [-0.2, 0) is 11.3 Å². The second-order valence-corrected chi connectivity index (χ2v) is 7.44. The number of carbonyl (C=O) groups excluding carboxylic acids is 1. The Morgan fingerprint density at radius 2 is 2.12 bits per heavy atom. The van der Waals surface area contributed by atoms with Crippen molar-refractivity contribution in [3.05, 3.63) is 60.1 Å². The molecular weight excluding hydrogens is 314 g/mol. The van der Waals surface area contributed by atoms with Crippen LogP contribution in [0.2, 0.25) is 0 Å². The lowest BCUT2D eigenvalue weighted by atomic mass is 9.85. The summed E-state index contributed by atoms with van der Waals surface area (Å²) >= 11 is 0. The van der Waals surface area contributed by atoms with Gasteiger partial charge < -0.3 is 9.73 Å². The van der Waals surface area contributed by atoms with Crippen molar-refractivity contribution in [2.24, 2.45) is 16.8 Å². The van der Waals surface area contributed by atoms with Gasteiger partial charge >= 0.3 is 0 Å². The number of benzene rings is 1. The molecule has 3 aliphatic rings. The molecule has 128 valence electrons. The van der Waals surface area contributed by atoms with E-state index in [0.29, 0.717) is 11.8 Å². The predicted octanol–water partition coefficient (Wildman–Crippen LogP) is 2.44. The van der Waals surface area contributed by atoms with Gasteiger partial charge in [0, 0.05) is 36.7 Å². The van der Waals surface area contributed by atoms with Crippen LogP contribution < -0.4 is 5.32 Å². The highest BCUT2D eigenvalue weighted by molar-refractivity contribution is 6.15. The maximum atomic E-state index is 12.9. The fourth-order valence-corrected chi connectivity index (χ4v) is 4.80. The van der Waals surface area contributed by atoms with Gasteiger partial charge in [0.15, 0.2) is 0 Å². The van der Waals surface area contributed by atoms with Gasteiger partial charge in [-0.25, -0.2) is 0 Å². The van der Waals surface area contributed by atoms with Crippen molar-refractivity contribution in [1.29, 1.82) is 0 Å². The molecule has 25 heavy (non-hydrogen) atoms. The lowest BCUT2D eigenvalue weighted by molar-refractivity contribution is -0.125. The highest BCUT2D eigenvalue weighted by Crippen LogP contribution is 2.49. The molecule has 3 atom stereocenters. The van der Waals surface area contributed by atoms with E-state index in [9.17, 15) is 4.79 Å². The second-order valence-electron chi connectivity index (χ2n) is 7.44. The topological polar surface area (TPSA) is 57.8 Å². The molecule has 1 amide bonds. The molecule has 2 aromatic rings. The Balaban J connectivity index is 1.40. The molecule has 1 aromatic carbocycles. The molecule has 0 radical (unpaired) electrons. The molecule has 2 fully saturated rings. The Labute approximate surface area is 146 Å². The number of carbonyl (C=O) groups is 1. The van der Waals surface area contributed by atoms with Crippen LogP contribution >= 0.6 is 0 Å². The molecular formula is C20H21N3O2. The minimum absolute atomic E-state index is 0.0871. The summed E-state index contributed by atoms with van der Waals surface area (Å²) in [6.45, 7) is 2.85. The average Bonchev–Trinajstić information content (AvgIpc) is 3.38. The first-order valence-electron chi connectivity index (χ1n) is 8.95. The van der Waals surface area contributed by atoms with Crippen molar-refractivity contribution in [3.8, 4) is 0 Å². The standard InChI is InChI=1S/C20H21N3O2/c24-19-20(22-18(21-19)15-4-2-1-3-5-15)8-6-16-11-23(12-17(16)20)10-14-7-9-25-13-14/h1-5,7,9,13,16-17H,6,8,10-12H2,(H,21,22,24)/t16-,17+,20-/m1/s1. The molecule has 0 bridgehead atoms. The number of nitrogens with one attached hydrogen (secondary N) is 1. The first-order valence-corrected chi connectivity index (χ1v) is 8.95. The third-order valence-electron chi connectivity index (χ3n) is 6.00. The summed E-state index contributed by atoms with van der Waals surface area (Å²) in [7, 11) is 0. The highest BCUT2D eigenvalue weighted by Gasteiger charge is 2.59. The number of aliphatic imine (C=N–C) groups is 1. The van der Waals surface area contributed by atoms with Crippen molar-refractivity contribution in [2.75, 3.05) is 13.1 Å². The van der Waals surface area contributed by atoms with Gasteiger partial charge in [0.25, 0.3) is 5.91 Å². The lowest BCUT2D eigenvalue weighted by Gasteiger charge is -2.25. The van der Waals surface area contributed by atoms with Gasteiger partial charge in [-0.2, -0.15) is 0 Å². The SMILES string of the molecule is O=C1NC(c2ccccc2)=N[C@@]12CC[C@@H]1CN(Cc3ccoc3)C[C@@H]12. The molecule has 0 unspecified atom stereocenters. The van der Waals surface area contributed by atoms with E-state index in [4.69, 9.17) is 9.41 Å². The summed E-state index contributed by atoms with van der Waals surface area (Å²) in [5.41, 5.74) is 1.61. The predicted molar refractivity (Wildman–Crippen MR) is 94.1 cm³/mol. The zero-order chi connectivity index (χ0) is 16.9. The molecule has 5 heteroatoms. The van der Waals surface area contributed by atoms with Crippen LogP contribution in [0.4, 0.5) is 0 Å². The van der Waals surface area contributed by atoms with Crippen LogP contribution in [0.25, 0.3) is 0 Å². The van der Waals surface area contributed by atoms with Gasteiger partial charge in [0.05, 0.1) is 12.5 Å². The zero-order valence-electron chi connectivity index (χ0n) is 14.0. The average molecular weight is 335 g/mol. The summed E-state index contributed by atoms with van der Waals surface area (Å²) in [4.78, 5) is 20.3. The lowest BCUT2D eigenvalue weighted by Crippen LogP contribution is -2.44. The van der Waals surface area contributed by atoms with E-state index in [2.05, 4.69) is 10.2 Å². The maximum absolute atomic E-state index is 12.9. The van der Waals surface area contributed by atoms with Gasteiger partial charge in [-0.3, -0.25) is 14.7 Å². The molecule has 1 aliphatic carbocycles. The Morgan fingerprint density at radius 1 is 1.24 bits per heavy atom. The fourth-order valence-electron chi connectivity index (χ4n) is 4.80. The molecule has 5 nitrogen and oxygen atoms in total. The number of hydrogen-bond acceptors (Lipinski definition) is 4. The summed E-state index contributed by atoms with van der Waals surface area (Å²) < 4.78 is 5.18. The van der Waals surface area contributed by atoms with E-state index in [0.717, 1.165) is 43.9 Å². The number of amides is 1. The second kappa shape index (κ2) is 5.56. The normalized spacial score (nSPS) is 31.4. The Bertz CT molecular complexity index is 815. The van der Waals surface area contributed by atoms with Crippen molar-refractivity contribution in [3.63, 3.8) is 0 Å². The number of nitrogens with zero attached hydrogens (tertiary/aromatic N) is 2. The molecule has 1 saturated carbocycles. The quantitative estimate of drug-likeness (QED) is 0.937. The molecule has 3 heterocycles. The molecule has 1 aromatic heterocycles. The maximum Gasteiger partial charge on any atom is 0.253 e. The van der Waals surface area contributed by atoms with E-state index in [1.54, 1.807) is 12.5 Å². The fraction of sp³-hybridized carbons (Fsp3) is 0.400. The van der Waals surface area contributed by atoms with Crippen LogP contribution in [-0.4, -0.2) is 35.3 Å². The largest absolute Gasteiger partial charge is 0.472 e. The van der Waals surface area contributed by atoms with Gasteiger partial charge in [-0.15, -0.1) is 0 Å². The summed E-state index contributed by atoms with van der Waals surface area (Å²) in [6, 6.07) is 12.0. The van der Waals surface area contributed by atoms with Crippen LogP contribution in [0.3, 0.4) is 0 Å². The monoisotopic (exact) mass is 335 g/mol. The van der Waals surface area contributed by atoms with E-state index in [-0.39, 0.29) is 5.91 Å². The van der Waals surface area contributed by atoms with Gasteiger partial charge in [-0.1, -0.05) is 30.3 Å². The Kier molecular flexibility index (Phi) is 3.31. The van der Waals surface area contributed by atoms with Crippen molar-refractivity contribution in [2.45, 2.75) is 24.9 Å². The smallest absolute Gasteiger partial charge is 0.253 e. The molecule has 1 N–H and O–H groups in total. The van der Waals surface area contributed by atoms with E-state index < -0.39 is 5.54 Å². The van der Waals surface area contributed by atoms with E-state index in [1.165, 1.54) is 5.56 Å². The van der Waals surface area contributed by atoms with E-state index >= 15 is 0 Å². The third kappa shape index (κ3) is 2.34. The number of amidine groups is 1. The summed E-state index contributed by atoms with van der Waals surface area (Å²) in [6.07, 6.45) is 5.46. The highest BCUT2D eigenvalue weighted by atomic mass is 16.3. The number of rotatable bonds is 3. The first-order chi connectivity index (χ1) is 12.2. The van der Waals surface area contributed by atoms with Crippen LogP contribution in [0.5, 0.6) is 0 Å². The van der Waals surface area contributed by atoms with Crippen LogP contribution in [0.15, 0.2) is 58.3 Å². The molecule has 1 saturated heterocycles. The summed E-state index contributed by atoms with van der Waals surface area (Å²) in [5.74, 6) is 1.68. The van der Waals surface area contributed by atoms with Crippen molar-refractivity contribution >= 4 is 11.7 Å². The first kappa shape index (κ1) is 14.9. The van der Waals surface area contributed by atoms with Gasteiger partial charge in [0.1, 0.15) is 11.4 Å². The van der Waals surface area contributed by atoms with Crippen LogP contribution in [0.1, 0.15) is 24.0 Å². The van der Waals surface area contributed by atoms with Gasteiger partial charge in [0.2, 0.25) is 0 Å².